The maximum atomic E-state index is 14.7. The lowest BCUT2D eigenvalue weighted by Gasteiger charge is -2.30. The number of sulfonamides is 1. The lowest BCUT2D eigenvalue weighted by Crippen LogP contribution is -2.58. The van der Waals surface area contributed by atoms with Gasteiger partial charge >= 0.3 is 0 Å². The highest BCUT2D eigenvalue weighted by molar-refractivity contribution is 7.91. The summed E-state index contributed by atoms with van der Waals surface area (Å²) in [6.07, 6.45) is 8.69. The van der Waals surface area contributed by atoms with Gasteiger partial charge in [0.05, 0.1) is 21.5 Å². The minimum absolute atomic E-state index is 0.146. The minimum atomic E-state index is -3.94. The summed E-state index contributed by atoms with van der Waals surface area (Å²) < 4.78 is 35.0. The van der Waals surface area contributed by atoms with E-state index in [4.69, 9.17) is 4.74 Å². The fraction of sp³-hybridized carbons (Fsp3) is 0.415. The van der Waals surface area contributed by atoms with Crippen molar-refractivity contribution in [2.24, 2.45) is 5.92 Å². The molecule has 2 aliphatic carbocycles. The average Bonchev–Trinajstić information content (AvgIpc) is 3.98. The molecule has 3 N–H and O–H groups in total. The number of fused-ring (bicyclic) bond motifs is 3. The first-order chi connectivity index (χ1) is 26.0. The van der Waals surface area contributed by atoms with Gasteiger partial charge in [-0.15, -0.1) is 0 Å². The van der Waals surface area contributed by atoms with E-state index in [0.717, 1.165) is 52.7 Å². The maximum Gasteiger partial charge on any atom is 0.274 e. The molecule has 13 heteroatoms. The second-order valence-electron chi connectivity index (χ2n) is 15.3. The number of rotatable bonds is 8. The van der Waals surface area contributed by atoms with E-state index in [1.54, 1.807) is 11.8 Å². The number of carbonyl (C=O) groups excluding carboxylic acids is 3. The van der Waals surface area contributed by atoms with E-state index < -0.39 is 50.3 Å². The van der Waals surface area contributed by atoms with Crippen molar-refractivity contribution in [3.8, 4) is 16.3 Å². The second-order valence-corrected chi connectivity index (χ2v) is 18.5. The molecule has 3 heterocycles. The van der Waals surface area contributed by atoms with Crippen LogP contribution >= 0.6 is 11.3 Å². The van der Waals surface area contributed by atoms with E-state index in [1.807, 2.05) is 78.9 Å². The Labute approximate surface area is 319 Å². The Bertz CT molecular complexity index is 2150. The van der Waals surface area contributed by atoms with Gasteiger partial charge in [0.25, 0.3) is 11.1 Å². The van der Waals surface area contributed by atoms with Gasteiger partial charge in [-0.2, -0.15) is 0 Å². The van der Waals surface area contributed by atoms with Crippen LogP contribution in [0.25, 0.3) is 21.3 Å². The molecule has 282 valence electrons. The number of amides is 3. The summed E-state index contributed by atoms with van der Waals surface area (Å²) in [6, 6.07) is 24.2. The van der Waals surface area contributed by atoms with E-state index in [1.165, 1.54) is 11.3 Å². The highest BCUT2D eigenvalue weighted by atomic mass is 32.2. The van der Waals surface area contributed by atoms with Crippen LogP contribution in [0.2, 0.25) is 0 Å². The Balaban J connectivity index is 1.08. The van der Waals surface area contributed by atoms with Gasteiger partial charge in [0, 0.05) is 18.0 Å². The number of para-hydroxylation sites is 1. The van der Waals surface area contributed by atoms with Crippen LogP contribution in [0.4, 0.5) is 5.69 Å². The van der Waals surface area contributed by atoms with Gasteiger partial charge in [-0.3, -0.25) is 19.1 Å². The van der Waals surface area contributed by atoms with Crippen molar-refractivity contribution < 1.29 is 27.5 Å². The lowest BCUT2D eigenvalue weighted by molar-refractivity contribution is -0.140. The summed E-state index contributed by atoms with van der Waals surface area (Å²) in [5.74, 6) is -1.86. The number of nitrogens with zero attached hydrogens (tertiary/aromatic N) is 2. The zero-order valence-corrected chi connectivity index (χ0v) is 31.8. The Morgan fingerprint density at radius 1 is 0.963 bits per heavy atom. The van der Waals surface area contributed by atoms with Crippen molar-refractivity contribution in [3.05, 3.63) is 91.0 Å². The highest BCUT2D eigenvalue weighted by Crippen LogP contribution is 2.47. The Morgan fingerprint density at radius 3 is 2.46 bits per heavy atom. The molecule has 3 aromatic carbocycles. The molecule has 0 spiro atoms. The number of hydrogen-bond acceptors (Lipinski definition) is 9. The first-order valence-electron chi connectivity index (χ1n) is 18.8. The van der Waals surface area contributed by atoms with Crippen molar-refractivity contribution in [2.45, 2.75) is 93.2 Å². The molecule has 54 heavy (non-hydrogen) atoms. The molecule has 2 aliphatic heterocycles. The predicted octanol–water partition coefficient (Wildman–Crippen LogP) is 6.19. The van der Waals surface area contributed by atoms with Crippen molar-refractivity contribution >= 4 is 55.0 Å². The summed E-state index contributed by atoms with van der Waals surface area (Å²) in [7, 11) is -3.94. The van der Waals surface area contributed by atoms with E-state index in [-0.39, 0.29) is 31.2 Å². The molecule has 4 aliphatic rings. The third-order valence-corrected chi connectivity index (χ3v) is 14.4. The molecule has 1 aromatic heterocycles. The first kappa shape index (κ1) is 36.2. The van der Waals surface area contributed by atoms with Gasteiger partial charge in [-0.1, -0.05) is 90.9 Å². The third-order valence-electron chi connectivity index (χ3n) is 11.3. The summed E-state index contributed by atoms with van der Waals surface area (Å²) >= 11 is 1.40. The molecule has 5 atom stereocenters. The molecule has 3 fully saturated rings. The quantitative estimate of drug-likeness (QED) is 0.180. The molecular formula is C41H45N5O6S2. The van der Waals surface area contributed by atoms with Gasteiger partial charge in [-0.25, -0.2) is 13.4 Å². The van der Waals surface area contributed by atoms with E-state index >= 15 is 0 Å². The van der Waals surface area contributed by atoms with Crippen molar-refractivity contribution in [2.75, 3.05) is 11.9 Å². The Hall–Kier alpha value is -4.75. The number of allylic oxidation sites excluding steroid dienone is 1. The largest absolute Gasteiger partial charge is 0.465 e. The minimum Gasteiger partial charge on any atom is -0.465 e. The number of aromatic nitrogens is 1. The third kappa shape index (κ3) is 7.35. The number of nitrogens with one attached hydrogen (secondary N) is 3. The lowest BCUT2D eigenvalue weighted by atomic mass is 10.0. The molecule has 11 nitrogen and oxygen atoms in total. The predicted molar refractivity (Wildman–Crippen MR) is 209 cm³/mol. The molecule has 0 radical (unpaired) electrons. The SMILES string of the molecule is CC1(S(=O)(=O)NC(=O)[C@@]23C[C@H]2C=CCCCCC[C@H](Nc2ccc(-c4ccccc4)cc2)C(=O)N2C[C@H](Oc4nc5ccccc5s4)C[C@H]2C(=O)N3)CC1. The summed E-state index contributed by atoms with van der Waals surface area (Å²) in [5, 5.41) is 6.90. The molecule has 4 aromatic rings. The topological polar surface area (TPSA) is 147 Å². The van der Waals surface area contributed by atoms with Crippen molar-refractivity contribution in [1.29, 1.82) is 0 Å². The van der Waals surface area contributed by atoms with Crippen LogP contribution in [-0.4, -0.2) is 71.0 Å². The van der Waals surface area contributed by atoms with Crippen LogP contribution in [0.1, 0.15) is 64.7 Å². The van der Waals surface area contributed by atoms with Crippen LogP contribution in [-0.2, 0) is 24.4 Å². The van der Waals surface area contributed by atoms with Gasteiger partial charge in [-0.05, 0) is 80.8 Å². The summed E-state index contributed by atoms with van der Waals surface area (Å²) in [5.41, 5.74) is 2.31. The number of anilines is 1. The number of hydrogen-bond donors (Lipinski definition) is 3. The van der Waals surface area contributed by atoms with E-state index in [0.29, 0.717) is 24.5 Å². The van der Waals surface area contributed by atoms with Gasteiger partial charge in [0.2, 0.25) is 21.8 Å². The van der Waals surface area contributed by atoms with Crippen LogP contribution in [0.15, 0.2) is 91.0 Å². The van der Waals surface area contributed by atoms with E-state index in [9.17, 15) is 22.8 Å². The number of benzene rings is 3. The highest BCUT2D eigenvalue weighted by Gasteiger charge is 2.63. The van der Waals surface area contributed by atoms with Crippen LogP contribution in [0.3, 0.4) is 0 Å². The Morgan fingerprint density at radius 2 is 1.70 bits per heavy atom. The van der Waals surface area contributed by atoms with Crippen LogP contribution < -0.4 is 20.1 Å². The number of ether oxygens (including phenoxy) is 1. The second kappa shape index (κ2) is 14.5. The zero-order valence-electron chi connectivity index (χ0n) is 30.2. The van der Waals surface area contributed by atoms with Gasteiger partial charge in [0.1, 0.15) is 23.7 Å². The standard InChI is InChI=1S/C41H45N5O6S2/c1-40(22-23-40)54(50,51)45-38(49)41-25-29(41)14-8-3-2-4-9-16-33(42-30-20-18-28(19-21-30)27-12-6-5-7-13-27)37(48)46-26-31(24-34(46)36(47)44-41)52-39-43-32-15-10-11-17-35(32)53-39/h5-8,10-15,17-21,29,31,33-34,42H,2-4,9,16,22-26H2,1H3,(H,44,47)(H,45,49)/t29-,31-,33+,34+,41-/m1/s1. The normalized spacial score (nSPS) is 26.8. The number of thiazole rings is 1. The molecule has 0 bridgehead atoms. The fourth-order valence-corrected chi connectivity index (χ4v) is 9.77. The summed E-state index contributed by atoms with van der Waals surface area (Å²) in [4.78, 5) is 49.2. The van der Waals surface area contributed by atoms with Crippen molar-refractivity contribution in [1.82, 2.24) is 19.9 Å². The molecule has 0 unspecified atom stereocenters. The summed E-state index contributed by atoms with van der Waals surface area (Å²) in [6.45, 7) is 1.77. The van der Waals surface area contributed by atoms with Crippen LogP contribution in [0.5, 0.6) is 5.19 Å². The maximum absolute atomic E-state index is 14.7. The van der Waals surface area contributed by atoms with Gasteiger partial charge < -0.3 is 20.3 Å². The average molecular weight is 768 g/mol. The molecule has 1 saturated heterocycles. The molecule has 3 amide bonds. The van der Waals surface area contributed by atoms with Crippen LogP contribution in [0, 0.1) is 5.92 Å². The first-order valence-corrected chi connectivity index (χ1v) is 21.1. The monoisotopic (exact) mass is 767 g/mol. The zero-order chi connectivity index (χ0) is 37.5. The fourth-order valence-electron chi connectivity index (χ4n) is 7.58. The molecular weight excluding hydrogens is 723 g/mol. The molecule has 8 rings (SSSR count). The number of carbonyl (C=O) groups is 3. The van der Waals surface area contributed by atoms with E-state index in [2.05, 4.69) is 32.5 Å². The van der Waals surface area contributed by atoms with Gasteiger partial charge in [0.15, 0.2) is 0 Å². The molecule has 2 saturated carbocycles. The smallest absolute Gasteiger partial charge is 0.274 e. The van der Waals surface area contributed by atoms with Crippen molar-refractivity contribution in [3.63, 3.8) is 0 Å². The Kier molecular flexibility index (Phi) is 9.72.